The van der Waals surface area contributed by atoms with Crippen molar-refractivity contribution in [3.05, 3.63) is 46.6 Å². The van der Waals surface area contributed by atoms with E-state index in [0.717, 1.165) is 0 Å². The van der Waals surface area contributed by atoms with Crippen molar-refractivity contribution in [1.82, 2.24) is 14.8 Å². The van der Waals surface area contributed by atoms with Crippen LogP contribution in [-0.4, -0.2) is 26.8 Å². The van der Waals surface area contributed by atoms with Gasteiger partial charge in [0.05, 0.1) is 18.2 Å². The monoisotopic (exact) mass is 300 g/mol. The average molecular weight is 300 g/mol. The van der Waals surface area contributed by atoms with Crippen molar-refractivity contribution in [1.29, 1.82) is 0 Å². The molecule has 0 fully saturated rings. The fourth-order valence-corrected chi connectivity index (χ4v) is 2.06. The van der Waals surface area contributed by atoms with E-state index in [1.54, 1.807) is 30.9 Å². The molecular formula is C14H12N4O4. The molecule has 0 saturated heterocycles. The molecule has 0 unspecified atom stereocenters. The van der Waals surface area contributed by atoms with Gasteiger partial charge in [-0.2, -0.15) is 0 Å². The number of ether oxygens (including phenoxy) is 1. The van der Waals surface area contributed by atoms with Crippen LogP contribution in [0.2, 0.25) is 0 Å². The predicted octanol–water partition coefficient (Wildman–Crippen LogP) is 2.66. The van der Waals surface area contributed by atoms with Gasteiger partial charge in [0.15, 0.2) is 0 Å². The quantitative estimate of drug-likeness (QED) is 0.543. The number of hydrogen-bond acceptors (Lipinski definition) is 6. The van der Waals surface area contributed by atoms with Crippen molar-refractivity contribution in [2.24, 2.45) is 7.05 Å². The highest BCUT2D eigenvalue weighted by Crippen LogP contribution is 2.28. The Bertz CT molecular complexity index is 837. The number of aryl methyl sites for hydroxylation is 1. The van der Waals surface area contributed by atoms with Gasteiger partial charge < -0.3 is 13.7 Å². The zero-order valence-electron chi connectivity index (χ0n) is 11.9. The first-order chi connectivity index (χ1) is 10.6. The van der Waals surface area contributed by atoms with Gasteiger partial charge in [-0.25, -0.2) is 0 Å². The Morgan fingerprint density at radius 2 is 2.05 bits per heavy atom. The lowest BCUT2D eigenvalue weighted by Gasteiger charge is -2.00. The zero-order chi connectivity index (χ0) is 15.7. The standard InChI is InChI=1S/C14H12N4O4/c1-17-8-10(18(19)20)7-12(17)14-16-15-13(22-14)9-4-3-5-11(6-9)21-2/h3-8H,1-2H3. The van der Waals surface area contributed by atoms with Crippen LogP contribution in [0.15, 0.2) is 40.9 Å². The van der Waals surface area contributed by atoms with Crippen LogP contribution in [0.3, 0.4) is 0 Å². The van der Waals surface area contributed by atoms with Gasteiger partial charge in [-0.1, -0.05) is 6.07 Å². The molecule has 0 spiro atoms. The molecule has 22 heavy (non-hydrogen) atoms. The number of hydrogen-bond donors (Lipinski definition) is 0. The minimum absolute atomic E-state index is 0.0290. The summed E-state index contributed by atoms with van der Waals surface area (Å²) in [6.07, 6.45) is 1.39. The highest BCUT2D eigenvalue weighted by atomic mass is 16.6. The maximum atomic E-state index is 10.8. The number of nitro groups is 1. The van der Waals surface area contributed by atoms with E-state index in [0.29, 0.717) is 22.9 Å². The number of nitrogens with zero attached hydrogens (tertiary/aromatic N) is 4. The van der Waals surface area contributed by atoms with Crippen LogP contribution >= 0.6 is 0 Å². The highest BCUT2D eigenvalue weighted by Gasteiger charge is 2.18. The van der Waals surface area contributed by atoms with Gasteiger partial charge in [0.1, 0.15) is 11.4 Å². The van der Waals surface area contributed by atoms with E-state index in [1.165, 1.54) is 12.3 Å². The molecule has 0 amide bonds. The normalized spacial score (nSPS) is 10.6. The minimum Gasteiger partial charge on any atom is -0.497 e. The zero-order valence-corrected chi connectivity index (χ0v) is 11.9. The lowest BCUT2D eigenvalue weighted by atomic mass is 10.2. The first-order valence-corrected chi connectivity index (χ1v) is 6.37. The lowest BCUT2D eigenvalue weighted by molar-refractivity contribution is -0.384. The smallest absolute Gasteiger partial charge is 0.287 e. The summed E-state index contributed by atoms with van der Waals surface area (Å²) >= 11 is 0. The number of rotatable bonds is 4. The summed E-state index contributed by atoms with van der Waals surface area (Å²) in [6.45, 7) is 0. The molecule has 0 aliphatic carbocycles. The Morgan fingerprint density at radius 3 is 2.73 bits per heavy atom. The third-order valence-electron chi connectivity index (χ3n) is 3.16. The van der Waals surface area contributed by atoms with Crippen LogP contribution in [-0.2, 0) is 7.05 Å². The van der Waals surface area contributed by atoms with Crippen molar-refractivity contribution in [2.45, 2.75) is 0 Å². The van der Waals surface area contributed by atoms with Crippen LogP contribution in [0, 0.1) is 10.1 Å². The average Bonchev–Trinajstić information content (AvgIpc) is 3.13. The number of benzene rings is 1. The van der Waals surface area contributed by atoms with Crippen molar-refractivity contribution >= 4 is 5.69 Å². The van der Waals surface area contributed by atoms with Crippen LogP contribution < -0.4 is 4.74 Å². The number of methoxy groups -OCH3 is 1. The van der Waals surface area contributed by atoms with Crippen LogP contribution in [0.4, 0.5) is 5.69 Å². The van der Waals surface area contributed by atoms with Crippen molar-refractivity contribution in [3.63, 3.8) is 0 Å². The van der Waals surface area contributed by atoms with Gasteiger partial charge in [-0.3, -0.25) is 10.1 Å². The van der Waals surface area contributed by atoms with E-state index in [4.69, 9.17) is 9.15 Å². The Morgan fingerprint density at radius 1 is 1.27 bits per heavy atom. The van der Waals surface area contributed by atoms with E-state index in [9.17, 15) is 10.1 Å². The summed E-state index contributed by atoms with van der Waals surface area (Å²) in [5.74, 6) is 1.21. The summed E-state index contributed by atoms with van der Waals surface area (Å²) < 4.78 is 12.3. The van der Waals surface area contributed by atoms with E-state index < -0.39 is 4.92 Å². The highest BCUT2D eigenvalue weighted by molar-refractivity contribution is 5.59. The maximum Gasteiger partial charge on any atom is 0.287 e. The molecule has 0 aliphatic heterocycles. The Kier molecular flexibility index (Phi) is 3.34. The molecule has 8 nitrogen and oxygen atoms in total. The summed E-state index contributed by atoms with van der Waals surface area (Å²) in [4.78, 5) is 10.3. The van der Waals surface area contributed by atoms with Gasteiger partial charge in [0.2, 0.25) is 5.89 Å². The molecular weight excluding hydrogens is 288 g/mol. The lowest BCUT2D eigenvalue weighted by Crippen LogP contribution is -1.89. The topological polar surface area (TPSA) is 96.2 Å². The first kappa shape index (κ1) is 13.8. The van der Waals surface area contributed by atoms with Gasteiger partial charge >= 0.3 is 0 Å². The largest absolute Gasteiger partial charge is 0.497 e. The van der Waals surface area contributed by atoms with Crippen molar-refractivity contribution in [2.75, 3.05) is 7.11 Å². The first-order valence-electron chi connectivity index (χ1n) is 6.37. The third-order valence-corrected chi connectivity index (χ3v) is 3.16. The Labute approximate surface area is 125 Å². The van der Waals surface area contributed by atoms with Crippen LogP contribution in [0.5, 0.6) is 5.75 Å². The van der Waals surface area contributed by atoms with Gasteiger partial charge in [-0.05, 0) is 18.2 Å². The van der Waals surface area contributed by atoms with E-state index in [-0.39, 0.29) is 11.6 Å². The van der Waals surface area contributed by atoms with E-state index in [2.05, 4.69) is 10.2 Å². The van der Waals surface area contributed by atoms with Crippen molar-refractivity contribution in [3.8, 4) is 28.8 Å². The minimum atomic E-state index is -0.469. The van der Waals surface area contributed by atoms with Gasteiger partial charge in [0.25, 0.3) is 11.6 Å². The van der Waals surface area contributed by atoms with Crippen molar-refractivity contribution < 1.29 is 14.1 Å². The molecule has 3 rings (SSSR count). The van der Waals surface area contributed by atoms with E-state index in [1.807, 2.05) is 12.1 Å². The second-order valence-corrected chi connectivity index (χ2v) is 4.60. The molecule has 2 heterocycles. The summed E-state index contributed by atoms with van der Waals surface area (Å²) in [5.41, 5.74) is 1.16. The SMILES string of the molecule is COc1cccc(-c2nnc(-c3cc([N+](=O)[O-])cn3C)o2)c1. The molecule has 0 saturated carbocycles. The second kappa shape index (κ2) is 5.32. The molecule has 3 aromatic rings. The molecule has 0 atom stereocenters. The molecule has 2 aromatic heterocycles. The van der Waals surface area contributed by atoms with Crippen LogP contribution in [0.1, 0.15) is 0 Å². The summed E-state index contributed by atoms with van der Waals surface area (Å²) in [7, 11) is 3.25. The predicted molar refractivity (Wildman–Crippen MR) is 77.3 cm³/mol. The molecule has 0 radical (unpaired) electrons. The fourth-order valence-electron chi connectivity index (χ4n) is 2.06. The molecule has 1 aromatic carbocycles. The summed E-state index contributed by atoms with van der Waals surface area (Å²) in [5, 5.41) is 18.7. The van der Waals surface area contributed by atoms with Crippen LogP contribution in [0.25, 0.3) is 23.0 Å². The molecule has 0 bridgehead atoms. The number of aromatic nitrogens is 3. The maximum absolute atomic E-state index is 10.8. The van der Waals surface area contributed by atoms with Gasteiger partial charge in [-0.15, -0.1) is 10.2 Å². The molecule has 0 N–H and O–H groups in total. The third kappa shape index (κ3) is 2.41. The van der Waals surface area contributed by atoms with E-state index >= 15 is 0 Å². The molecule has 0 aliphatic rings. The van der Waals surface area contributed by atoms with Gasteiger partial charge in [0, 0.05) is 18.7 Å². The Balaban J connectivity index is 1.98. The fraction of sp³-hybridized carbons (Fsp3) is 0.143. The summed E-state index contributed by atoms with van der Waals surface area (Å²) in [6, 6.07) is 8.59. The molecule has 112 valence electrons. The second-order valence-electron chi connectivity index (χ2n) is 4.60. The molecule has 8 heteroatoms. The Hall–Kier alpha value is -3.16.